The molecule has 0 saturated heterocycles. The quantitative estimate of drug-likeness (QED) is 0.743. The molecule has 0 spiro atoms. The second-order valence-electron chi connectivity index (χ2n) is 5.18. The average molecular weight is 390 g/mol. The van der Waals surface area contributed by atoms with Gasteiger partial charge in [-0.2, -0.15) is 4.80 Å². The van der Waals surface area contributed by atoms with Crippen molar-refractivity contribution < 1.29 is 9.18 Å². The summed E-state index contributed by atoms with van der Waals surface area (Å²) in [5.41, 5.74) is 2.04. The van der Waals surface area contributed by atoms with E-state index in [0.717, 1.165) is 11.1 Å². The zero-order valence-corrected chi connectivity index (χ0v) is 14.3. The summed E-state index contributed by atoms with van der Waals surface area (Å²) in [6.45, 7) is 1.83. The number of nitrogens with zero attached hydrogens (tertiary/aromatic N) is 4. The summed E-state index contributed by atoms with van der Waals surface area (Å²) in [6.07, 6.45) is 0. The summed E-state index contributed by atoms with van der Waals surface area (Å²) in [7, 11) is 0. The maximum Gasteiger partial charge on any atom is 0.248 e. The average Bonchev–Trinajstić information content (AvgIpc) is 2.99. The second-order valence-corrected chi connectivity index (χ2v) is 6.10. The minimum absolute atomic E-state index is 0.0991. The van der Waals surface area contributed by atoms with Crippen molar-refractivity contribution in [2.45, 2.75) is 13.5 Å². The molecule has 0 bridgehead atoms. The highest BCUT2D eigenvalue weighted by Crippen LogP contribution is 2.19. The number of hydrogen-bond acceptors (Lipinski definition) is 4. The van der Waals surface area contributed by atoms with E-state index < -0.39 is 11.7 Å². The largest absolute Gasteiger partial charge is 0.322 e. The van der Waals surface area contributed by atoms with Crippen LogP contribution in [0.2, 0.25) is 0 Å². The fraction of sp³-hybridized carbons (Fsp3) is 0.125. The van der Waals surface area contributed by atoms with Gasteiger partial charge in [-0.3, -0.25) is 4.79 Å². The lowest BCUT2D eigenvalue weighted by molar-refractivity contribution is -0.117. The summed E-state index contributed by atoms with van der Waals surface area (Å²) in [5, 5.41) is 14.4. The van der Waals surface area contributed by atoms with Crippen LogP contribution in [0.25, 0.3) is 11.4 Å². The van der Waals surface area contributed by atoms with Crippen LogP contribution in [0.15, 0.2) is 46.9 Å². The molecule has 0 aliphatic rings. The number of carbonyl (C=O) groups is 1. The normalized spacial score (nSPS) is 10.6. The molecule has 1 amide bonds. The van der Waals surface area contributed by atoms with Gasteiger partial charge in [0.15, 0.2) is 0 Å². The number of tetrazole rings is 1. The number of aryl methyl sites for hydroxylation is 1. The van der Waals surface area contributed by atoms with Gasteiger partial charge in [0.25, 0.3) is 0 Å². The third kappa shape index (κ3) is 3.83. The lowest BCUT2D eigenvalue weighted by atomic mass is 10.1. The standard InChI is InChI=1S/C16H13BrFN5O/c1-10-2-4-11(5-3-10)16-20-22-23(21-16)9-15(24)19-14-7-6-12(17)8-13(14)18/h2-8H,9H2,1H3,(H,19,24). The molecular weight excluding hydrogens is 377 g/mol. The predicted octanol–water partition coefficient (Wildman–Crippen LogP) is 3.19. The van der Waals surface area contributed by atoms with Crippen molar-refractivity contribution >= 4 is 27.5 Å². The summed E-state index contributed by atoms with van der Waals surface area (Å²) in [4.78, 5) is 13.2. The SMILES string of the molecule is Cc1ccc(-c2nnn(CC(=O)Nc3ccc(Br)cc3F)n2)cc1. The Kier molecular flexibility index (Phi) is 4.66. The third-order valence-electron chi connectivity index (χ3n) is 3.25. The number of anilines is 1. The van der Waals surface area contributed by atoms with Crippen LogP contribution in [0.3, 0.4) is 0 Å². The van der Waals surface area contributed by atoms with E-state index in [4.69, 9.17) is 0 Å². The van der Waals surface area contributed by atoms with Gasteiger partial charge < -0.3 is 5.32 Å². The molecule has 1 aromatic heterocycles. The number of halogens is 2. The molecule has 8 heteroatoms. The molecule has 0 radical (unpaired) electrons. The molecular formula is C16H13BrFN5O. The molecule has 0 saturated carbocycles. The van der Waals surface area contributed by atoms with Crippen LogP contribution in [-0.2, 0) is 11.3 Å². The fourth-order valence-electron chi connectivity index (χ4n) is 2.04. The lowest BCUT2D eigenvalue weighted by Crippen LogP contribution is -2.21. The van der Waals surface area contributed by atoms with E-state index >= 15 is 0 Å². The van der Waals surface area contributed by atoms with Gasteiger partial charge in [-0.15, -0.1) is 10.2 Å². The number of amides is 1. The van der Waals surface area contributed by atoms with Crippen molar-refractivity contribution in [3.05, 3.63) is 58.3 Å². The van der Waals surface area contributed by atoms with Crippen LogP contribution in [-0.4, -0.2) is 26.1 Å². The van der Waals surface area contributed by atoms with Gasteiger partial charge in [0.2, 0.25) is 11.7 Å². The smallest absolute Gasteiger partial charge is 0.248 e. The van der Waals surface area contributed by atoms with Crippen LogP contribution in [0.4, 0.5) is 10.1 Å². The van der Waals surface area contributed by atoms with E-state index in [9.17, 15) is 9.18 Å². The summed E-state index contributed by atoms with van der Waals surface area (Å²) in [5.74, 6) is -0.536. The molecule has 3 aromatic rings. The van der Waals surface area contributed by atoms with Gasteiger partial charge in [-0.1, -0.05) is 45.8 Å². The minimum atomic E-state index is -0.524. The first-order valence-corrected chi connectivity index (χ1v) is 7.90. The van der Waals surface area contributed by atoms with E-state index in [0.29, 0.717) is 10.3 Å². The molecule has 0 fully saturated rings. The predicted molar refractivity (Wildman–Crippen MR) is 90.7 cm³/mol. The van der Waals surface area contributed by atoms with E-state index in [2.05, 4.69) is 36.7 Å². The fourth-order valence-corrected chi connectivity index (χ4v) is 2.37. The first kappa shape index (κ1) is 16.3. The third-order valence-corrected chi connectivity index (χ3v) is 3.75. The number of aromatic nitrogens is 4. The van der Waals surface area contributed by atoms with Gasteiger partial charge in [-0.25, -0.2) is 4.39 Å². The van der Waals surface area contributed by atoms with E-state index in [1.165, 1.54) is 16.9 Å². The van der Waals surface area contributed by atoms with Crippen LogP contribution in [0.5, 0.6) is 0 Å². The number of hydrogen-bond donors (Lipinski definition) is 1. The highest BCUT2D eigenvalue weighted by Gasteiger charge is 2.11. The Morgan fingerprint density at radius 2 is 2.00 bits per heavy atom. The summed E-state index contributed by atoms with van der Waals surface area (Å²) < 4.78 is 14.3. The molecule has 1 N–H and O–H groups in total. The first-order valence-electron chi connectivity index (χ1n) is 7.11. The highest BCUT2D eigenvalue weighted by molar-refractivity contribution is 9.10. The summed E-state index contributed by atoms with van der Waals surface area (Å²) in [6, 6.07) is 12.0. The molecule has 24 heavy (non-hydrogen) atoms. The van der Waals surface area contributed by atoms with E-state index in [-0.39, 0.29) is 12.2 Å². The molecule has 6 nitrogen and oxygen atoms in total. The molecule has 1 heterocycles. The van der Waals surface area contributed by atoms with E-state index in [1.54, 1.807) is 6.07 Å². The Balaban J connectivity index is 1.68. The van der Waals surface area contributed by atoms with Gasteiger partial charge in [-0.05, 0) is 30.3 Å². The molecule has 3 rings (SSSR count). The number of benzene rings is 2. The zero-order valence-electron chi connectivity index (χ0n) is 12.7. The monoisotopic (exact) mass is 389 g/mol. The summed E-state index contributed by atoms with van der Waals surface area (Å²) >= 11 is 3.16. The molecule has 0 unspecified atom stereocenters. The molecule has 0 atom stereocenters. The van der Waals surface area contributed by atoms with Gasteiger partial charge in [0, 0.05) is 10.0 Å². The maximum atomic E-state index is 13.7. The second kappa shape index (κ2) is 6.88. The van der Waals surface area contributed by atoms with Gasteiger partial charge in [0.05, 0.1) is 5.69 Å². The van der Waals surface area contributed by atoms with Crippen LogP contribution in [0.1, 0.15) is 5.56 Å². The Morgan fingerprint density at radius 1 is 1.25 bits per heavy atom. The van der Waals surface area contributed by atoms with Crippen molar-refractivity contribution in [2.75, 3.05) is 5.32 Å². The highest BCUT2D eigenvalue weighted by atomic mass is 79.9. The Hall–Kier alpha value is -2.61. The van der Waals surface area contributed by atoms with Crippen LogP contribution < -0.4 is 5.32 Å². The van der Waals surface area contributed by atoms with Gasteiger partial charge >= 0.3 is 0 Å². The Labute approximate surface area is 145 Å². The number of nitrogens with one attached hydrogen (secondary N) is 1. The lowest BCUT2D eigenvalue weighted by Gasteiger charge is -2.05. The molecule has 0 aliphatic carbocycles. The van der Waals surface area contributed by atoms with Crippen molar-refractivity contribution in [1.82, 2.24) is 20.2 Å². The topological polar surface area (TPSA) is 72.7 Å². The van der Waals surface area contributed by atoms with Crippen molar-refractivity contribution in [2.24, 2.45) is 0 Å². The van der Waals surface area contributed by atoms with E-state index in [1.807, 2.05) is 31.2 Å². The number of carbonyl (C=O) groups excluding carboxylic acids is 1. The molecule has 122 valence electrons. The maximum absolute atomic E-state index is 13.7. The van der Waals surface area contributed by atoms with Crippen molar-refractivity contribution in [1.29, 1.82) is 0 Å². The Morgan fingerprint density at radius 3 is 2.71 bits per heavy atom. The minimum Gasteiger partial charge on any atom is -0.322 e. The van der Waals surface area contributed by atoms with Gasteiger partial charge in [0.1, 0.15) is 12.4 Å². The van der Waals surface area contributed by atoms with Crippen LogP contribution in [0, 0.1) is 12.7 Å². The molecule has 0 aliphatic heterocycles. The van der Waals surface area contributed by atoms with Crippen LogP contribution >= 0.6 is 15.9 Å². The zero-order chi connectivity index (χ0) is 17.1. The number of rotatable bonds is 4. The first-order chi connectivity index (χ1) is 11.5. The molecule has 2 aromatic carbocycles. The Bertz CT molecular complexity index is 878. The van der Waals surface area contributed by atoms with Crippen molar-refractivity contribution in [3.8, 4) is 11.4 Å². The van der Waals surface area contributed by atoms with Crippen molar-refractivity contribution in [3.63, 3.8) is 0 Å².